The molecule has 1 fully saturated rings. The zero-order valence-corrected chi connectivity index (χ0v) is 3.89. The second-order valence-corrected chi connectivity index (χ2v) is 1.43. The summed E-state index contributed by atoms with van der Waals surface area (Å²) in [4.78, 5) is 10.3. The fraction of sp³-hybridized carbons (Fsp3) is 0.400. The van der Waals surface area contributed by atoms with E-state index in [9.17, 15) is 4.79 Å². The SMILES string of the molecule is C=CC(=O)C1CO1. The summed E-state index contributed by atoms with van der Waals surface area (Å²) in [7, 11) is 0. The van der Waals surface area contributed by atoms with Crippen molar-refractivity contribution in [3.8, 4) is 0 Å². The van der Waals surface area contributed by atoms with E-state index < -0.39 is 0 Å². The number of carbonyl (C=O) groups is 1. The topological polar surface area (TPSA) is 29.6 Å². The minimum absolute atomic E-state index is 0.000000000000000222. The summed E-state index contributed by atoms with van der Waals surface area (Å²) in [6.45, 7) is 3.88. The van der Waals surface area contributed by atoms with Crippen LogP contribution in [0.15, 0.2) is 12.7 Å². The number of epoxide rings is 1. The number of hydrogen-bond donors (Lipinski definition) is 0. The molecule has 2 heteroatoms. The smallest absolute Gasteiger partial charge is 0.186 e. The Kier molecular flexibility index (Phi) is 0.947. The van der Waals surface area contributed by atoms with Crippen LogP contribution in [0.3, 0.4) is 0 Å². The highest BCUT2D eigenvalue weighted by Crippen LogP contribution is 2.09. The van der Waals surface area contributed by atoms with Gasteiger partial charge in [0.2, 0.25) is 0 Å². The lowest BCUT2D eigenvalue weighted by molar-refractivity contribution is -0.115. The van der Waals surface area contributed by atoms with Crippen molar-refractivity contribution in [2.24, 2.45) is 0 Å². The number of ether oxygens (including phenoxy) is 1. The Morgan fingerprint density at radius 3 is 2.71 bits per heavy atom. The quantitative estimate of drug-likeness (QED) is 0.363. The van der Waals surface area contributed by atoms with Gasteiger partial charge >= 0.3 is 0 Å². The van der Waals surface area contributed by atoms with Crippen molar-refractivity contribution in [2.45, 2.75) is 6.10 Å². The van der Waals surface area contributed by atoms with Gasteiger partial charge in [0.1, 0.15) is 6.10 Å². The Bertz CT molecular complexity index is 103. The van der Waals surface area contributed by atoms with Crippen LogP contribution in [0.2, 0.25) is 0 Å². The van der Waals surface area contributed by atoms with E-state index in [2.05, 4.69) is 11.3 Å². The van der Waals surface area contributed by atoms with Crippen LogP contribution >= 0.6 is 0 Å². The molecule has 0 saturated carbocycles. The van der Waals surface area contributed by atoms with Gasteiger partial charge in [0, 0.05) is 0 Å². The monoisotopic (exact) mass is 98.0 g/mol. The lowest BCUT2D eigenvalue weighted by Crippen LogP contribution is -1.99. The summed E-state index contributed by atoms with van der Waals surface area (Å²) in [5.41, 5.74) is 0. The molecule has 0 N–H and O–H groups in total. The molecular formula is C5H6O2. The summed E-state index contributed by atoms with van der Waals surface area (Å²) < 4.78 is 4.64. The summed E-state index contributed by atoms with van der Waals surface area (Å²) in [6.07, 6.45) is 1.15. The molecular weight excluding hydrogens is 92.1 g/mol. The van der Waals surface area contributed by atoms with E-state index in [0.29, 0.717) is 6.61 Å². The van der Waals surface area contributed by atoms with Gasteiger partial charge in [-0.25, -0.2) is 0 Å². The molecule has 1 aliphatic rings. The first kappa shape index (κ1) is 4.53. The number of ketones is 1. The van der Waals surface area contributed by atoms with Crippen molar-refractivity contribution in [2.75, 3.05) is 6.61 Å². The van der Waals surface area contributed by atoms with Crippen LogP contribution in [0.5, 0.6) is 0 Å². The molecule has 1 heterocycles. The second kappa shape index (κ2) is 1.46. The maximum Gasteiger partial charge on any atom is 0.186 e. The molecule has 38 valence electrons. The molecule has 1 aliphatic heterocycles. The van der Waals surface area contributed by atoms with E-state index >= 15 is 0 Å². The first-order valence-electron chi connectivity index (χ1n) is 2.12. The molecule has 0 spiro atoms. The van der Waals surface area contributed by atoms with Crippen molar-refractivity contribution < 1.29 is 9.53 Å². The van der Waals surface area contributed by atoms with Crippen LogP contribution in [-0.4, -0.2) is 18.5 Å². The minimum atomic E-state index is -0.141. The van der Waals surface area contributed by atoms with Gasteiger partial charge in [-0.1, -0.05) is 6.58 Å². The van der Waals surface area contributed by atoms with Crippen molar-refractivity contribution in [3.05, 3.63) is 12.7 Å². The maximum absolute atomic E-state index is 10.3. The summed E-state index contributed by atoms with van der Waals surface area (Å²) >= 11 is 0. The third-order valence-corrected chi connectivity index (χ3v) is 0.852. The van der Waals surface area contributed by atoms with Crippen LogP contribution in [0, 0.1) is 0 Å². The molecule has 1 saturated heterocycles. The molecule has 0 radical (unpaired) electrons. The molecule has 0 aromatic carbocycles. The molecule has 7 heavy (non-hydrogen) atoms. The average Bonchev–Trinajstić information content (AvgIpc) is 2.44. The fourth-order valence-corrected chi connectivity index (χ4v) is 0.344. The Morgan fingerprint density at radius 1 is 2.00 bits per heavy atom. The molecule has 0 amide bonds. The van der Waals surface area contributed by atoms with Gasteiger partial charge in [0.15, 0.2) is 5.78 Å². The Balaban J connectivity index is 2.37. The fourth-order valence-electron chi connectivity index (χ4n) is 0.344. The van der Waals surface area contributed by atoms with Crippen molar-refractivity contribution in [1.82, 2.24) is 0 Å². The third-order valence-electron chi connectivity index (χ3n) is 0.852. The molecule has 0 bridgehead atoms. The lowest BCUT2D eigenvalue weighted by Gasteiger charge is -1.75. The van der Waals surface area contributed by atoms with Crippen molar-refractivity contribution >= 4 is 5.78 Å². The molecule has 1 unspecified atom stereocenters. The molecule has 0 aromatic heterocycles. The van der Waals surface area contributed by atoms with Gasteiger partial charge < -0.3 is 4.74 Å². The highest BCUT2D eigenvalue weighted by molar-refractivity contribution is 5.94. The Morgan fingerprint density at radius 2 is 2.57 bits per heavy atom. The standard InChI is InChI=1S/C5H6O2/c1-2-4(6)5-3-7-5/h2,5H,1,3H2. The van der Waals surface area contributed by atoms with Crippen molar-refractivity contribution in [3.63, 3.8) is 0 Å². The normalized spacial score (nSPS) is 26.6. The highest BCUT2D eigenvalue weighted by Gasteiger charge is 2.28. The predicted molar refractivity (Wildman–Crippen MR) is 24.9 cm³/mol. The van der Waals surface area contributed by atoms with Gasteiger partial charge in [-0.2, -0.15) is 0 Å². The van der Waals surface area contributed by atoms with Gasteiger partial charge in [-0.3, -0.25) is 4.79 Å². The number of rotatable bonds is 2. The summed E-state index contributed by atoms with van der Waals surface area (Å²) in [5.74, 6) is 0.000000000000000222. The predicted octanol–water partition coefficient (Wildman–Crippen LogP) is 0.140. The zero-order valence-electron chi connectivity index (χ0n) is 3.89. The first-order chi connectivity index (χ1) is 3.34. The molecule has 1 rings (SSSR count). The van der Waals surface area contributed by atoms with Crippen LogP contribution in [0.25, 0.3) is 0 Å². The molecule has 2 nitrogen and oxygen atoms in total. The van der Waals surface area contributed by atoms with E-state index in [0.717, 1.165) is 0 Å². The Hall–Kier alpha value is -0.630. The van der Waals surface area contributed by atoms with E-state index in [1.54, 1.807) is 0 Å². The highest BCUT2D eigenvalue weighted by atomic mass is 16.6. The van der Waals surface area contributed by atoms with Gasteiger partial charge in [0.25, 0.3) is 0 Å². The molecule has 0 aliphatic carbocycles. The zero-order chi connectivity index (χ0) is 5.28. The van der Waals surface area contributed by atoms with E-state index in [1.807, 2.05) is 0 Å². The van der Waals surface area contributed by atoms with Crippen LogP contribution in [0.4, 0.5) is 0 Å². The van der Waals surface area contributed by atoms with Crippen molar-refractivity contribution in [1.29, 1.82) is 0 Å². The minimum Gasteiger partial charge on any atom is -0.364 e. The lowest BCUT2D eigenvalue weighted by atomic mass is 10.3. The van der Waals surface area contributed by atoms with Crippen LogP contribution in [-0.2, 0) is 9.53 Å². The average molecular weight is 98.1 g/mol. The van der Waals surface area contributed by atoms with Gasteiger partial charge in [-0.05, 0) is 6.08 Å². The molecule has 1 atom stereocenters. The largest absolute Gasteiger partial charge is 0.364 e. The number of carbonyl (C=O) groups excluding carboxylic acids is 1. The maximum atomic E-state index is 10.3. The van der Waals surface area contributed by atoms with Gasteiger partial charge in [-0.15, -0.1) is 0 Å². The first-order valence-corrected chi connectivity index (χ1v) is 2.12. The van der Waals surface area contributed by atoms with Crippen LogP contribution in [0.1, 0.15) is 0 Å². The van der Waals surface area contributed by atoms with Gasteiger partial charge in [0.05, 0.1) is 6.61 Å². The van der Waals surface area contributed by atoms with E-state index in [4.69, 9.17) is 0 Å². The van der Waals surface area contributed by atoms with E-state index in [-0.39, 0.29) is 11.9 Å². The summed E-state index contributed by atoms with van der Waals surface area (Å²) in [5, 5.41) is 0. The number of hydrogen-bond acceptors (Lipinski definition) is 2. The Labute approximate surface area is 41.8 Å². The second-order valence-electron chi connectivity index (χ2n) is 1.43. The molecule has 0 aromatic rings. The third kappa shape index (κ3) is 0.871. The van der Waals surface area contributed by atoms with Crippen LogP contribution < -0.4 is 0 Å². The van der Waals surface area contributed by atoms with E-state index in [1.165, 1.54) is 6.08 Å². The summed E-state index contributed by atoms with van der Waals surface area (Å²) in [6, 6.07) is 0.